The maximum atomic E-state index is 12.0. The number of rotatable bonds is 2. The van der Waals surface area contributed by atoms with Gasteiger partial charge in [0, 0.05) is 16.0 Å². The summed E-state index contributed by atoms with van der Waals surface area (Å²) in [4.78, 5) is 12.0. The molecule has 0 saturated heterocycles. The fourth-order valence-corrected chi connectivity index (χ4v) is 2.01. The summed E-state index contributed by atoms with van der Waals surface area (Å²) < 4.78 is 0. The number of benzene rings is 1. The molecule has 1 aromatic carbocycles. The summed E-state index contributed by atoms with van der Waals surface area (Å²) in [5.74, 6) is 0. The summed E-state index contributed by atoms with van der Waals surface area (Å²) >= 11 is 5.86. The third-order valence-electron chi connectivity index (χ3n) is 3.16. The lowest BCUT2D eigenvalue weighted by Crippen LogP contribution is -2.27. The summed E-state index contributed by atoms with van der Waals surface area (Å²) in [5, 5.41) is 7.25. The average Bonchev–Trinajstić information content (AvgIpc) is 2.38. The minimum atomic E-state index is -0.500. The fourth-order valence-electron chi connectivity index (χ4n) is 1.89. The molecule has 0 spiro atoms. The predicted molar refractivity (Wildman–Crippen MR) is 81.0 cm³/mol. The zero-order valence-corrected chi connectivity index (χ0v) is 12.5. The second kappa shape index (κ2) is 5.38. The Morgan fingerprint density at radius 2 is 1.85 bits per heavy atom. The van der Waals surface area contributed by atoms with E-state index in [9.17, 15) is 4.79 Å². The van der Waals surface area contributed by atoms with E-state index in [2.05, 4.69) is 10.2 Å². The molecule has 20 heavy (non-hydrogen) atoms. The minimum Gasteiger partial charge on any atom is -0.320 e. The SMILES string of the molecule is CC(C)(C)c1cc(C(N)c2ccc(Cl)cc2)c(=O)[nH]n1. The number of nitrogens with one attached hydrogen (secondary N) is 1. The molecular weight excluding hydrogens is 274 g/mol. The maximum absolute atomic E-state index is 12.0. The van der Waals surface area contributed by atoms with Crippen molar-refractivity contribution in [3.63, 3.8) is 0 Å². The minimum absolute atomic E-state index is 0.154. The van der Waals surface area contributed by atoms with Crippen molar-refractivity contribution in [2.45, 2.75) is 32.2 Å². The molecule has 0 fully saturated rings. The van der Waals surface area contributed by atoms with Gasteiger partial charge in [-0.15, -0.1) is 0 Å². The van der Waals surface area contributed by atoms with Crippen molar-refractivity contribution in [3.05, 3.63) is 62.5 Å². The molecule has 1 atom stereocenters. The molecule has 0 radical (unpaired) electrons. The highest BCUT2D eigenvalue weighted by Crippen LogP contribution is 2.23. The van der Waals surface area contributed by atoms with Crippen LogP contribution in [0.15, 0.2) is 35.1 Å². The summed E-state index contributed by atoms with van der Waals surface area (Å²) in [5.41, 5.74) is 7.92. The summed E-state index contributed by atoms with van der Waals surface area (Å²) in [6.07, 6.45) is 0. The average molecular weight is 292 g/mol. The zero-order valence-electron chi connectivity index (χ0n) is 11.8. The fraction of sp³-hybridized carbons (Fsp3) is 0.333. The van der Waals surface area contributed by atoms with E-state index in [1.54, 1.807) is 18.2 Å². The molecule has 0 bridgehead atoms. The van der Waals surface area contributed by atoms with Crippen molar-refractivity contribution in [2.75, 3.05) is 0 Å². The van der Waals surface area contributed by atoms with Gasteiger partial charge in [0.1, 0.15) is 0 Å². The molecule has 3 N–H and O–H groups in total. The first-order valence-electron chi connectivity index (χ1n) is 6.40. The van der Waals surface area contributed by atoms with Crippen LogP contribution >= 0.6 is 11.6 Å². The normalized spacial score (nSPS) is 13.2. The highest BCUT2D eigenvalue weighted by molar-refractivity contribution is 6.30. The van der Waals surface area contributed by atoms with Gasteiger partial charge in [0.15, 0.2) is 0 Å². The van der Waals surface area contributed by atoms with Gasteiger partial charge in [-0.3, -0.25) is 4.79 Å². The molecular formula is C15H18ClN3O. The third kappa shape index (κ3) is 3.08. The van der Waals surface area contributed by atoms with Crippen molar-refractivity contribution in [1.29, 1.82) is 0 Å². The molecule has 1 aromatic heterocycles. The molecule has 1 heterocycles. The Bertz CT molecular complexity index is 656. The van der Waals surface area contributed by atoms with Crippen LogP contribution in [0.25, 0.3) is 0 Å². The topological polar surface area (TPSA) is 71.8 Å². The Morgan fingerprint density at radius 1 is 1.25 bits per heavy atom. The first kappa shape index (κ1) is 14.8. The first-order valence-corrected chi connectivity index (χ1v) is 6.78. The second-order valence-corrected chi connectivity index (χ2v) is 6.25. The number of halogens is 1. The standard InChI is InChI=1S/C15H18ClN3O/c1-15(2,3)12-8-11(14(20)19-18-12)13(17)9-4-6-10(16)7-5-9/h4-8,13H,17H2,1-3H3,(H,19,20). The van der Waals surface area contributed by atoms with Gasteiger partial charge in [0.25, 0.3) is 5.56 Å². The molecule has 0 aliphatic heterocycles. The third-order valence-corrected chi connectivity index (χ3v) is 3.42. The van der Waals surface area contributed by atoms with Gasteiger partial charge >= 0.3 is 0 Å². The van der Waals surface area contributed by atoms with Crippen LogP contribution in [0.3, 0.4) is 0 Å². The van der Waals surface area contributed by atoms with Crippen molar-refractivity contribution in [1.82, 2.24) is 10.2 Å². The van der Waals surface area contributed by atoms with Crippen molar-refractivity contribution in [2.24, 2.45) is 5.73 Å². The van der Waals surface area contributed by atoms with E-state index in [-0.39, 0.29) is 11.0 Å². The van der Waals surface area contributed by atoms with E-state index in [1.807, 2.05) is 32.9 Å². The number of hydrogen-bond donors (Lipinski definition) is 2. The van der Waals surface area contributed by atoms with E-state index in [0.29, 0.717) is 10.6 Å². The van der Waals surface area contributed by atoms with Gasteiger partial charge in [-0.2, -0.15) is 5.10 Å². The van der Waals surface area contributed by atoms with Crippen molar-refractivity contribution >= 4 is 11.6 Å². The number of hydrogen-bond acceptors (Lipinski definition) is 3. The predicted octanol–water partition coefficient (Wildman–Crippen LogP) is 2.77. The van der Waals surface area contributed by atoms with Gasteiger partial charge in [-0.1, -0.05) is 44.5 Å². The molecule has 1 unspecified atom stereocenters. The molecule has 0 amide bonds. The van der Waals surface area contributed by atoms with E-state index in [1.165, 1.54) is 0 Å². The van der Waals surface area contributed by atoms with Gasteiger partial charge in [0.05, 0.1) is 11.7 Å². The highest BCUT2D eigenvalue weighted by Gasteiger charge is 2.20. The Hall–Kier alpha value is -1.65. The molecule has 0 aliphatic carbocycles. The van der Waals surface area contributed by atoms with Crippen LogP contribution in [0, 0.1) is 0 Å². The summed E-state index contributed by atoms with van der Waals surface area (Å²) in [6.45, 7) is 6.10. The number of nitrogens with zero attached hydrogens (tertiary/aromatic N) is 1. The Morgan fingerprint density at radius 3 is 2.40 bits per heavy atom. The Kier molecular flexibility index (Phi) is 3.97. The molecule has 2 aromatic rings. The quantitative estimate of drug-likeness (QED) is 0.893. The Balaban J connectivity index is 2.46. The smallest absolute Gasteiger partial charge is 0.269 e. The lowest BCUT2D eigenvalue weighted by Gasteiger charge is -2.19. The van der Waals surface area contributed by atoms with Gasteiger partial charge in [0.2, 0.25) is 0 Å². The zero-order chi connectivity index (χ0) is 14.9. The van der Waals surface area contributed by atoms with Crippen LogP contribution in [0.4, 0.5) is 0 Å². The molecule has 5 heteroatoms. The van der Waals surface area contributed by atoms with E-state index < -0.39 is 6.04 Å². The lowest BCUT2D eigenvalue weighted by molar-refractivity contribution is 0.553. The van der Waals surface area contributed by atoms with Crippen molar-refractivity contribution < 1.29 is 0 Å². The number of H-pyrrole nitrogens is 1. The van der Waals surface area contributed by atoms with Crippen LogP contribution < -0.4 is 11.3 Å². The van der Waals surface area contributed by atoms with Crippen LogP contribution in [-0.4, -0.2) is 10.2 Å². The first-order chi connectivity index (χ1) is 9.29. The monoisotopic (exact) mass is 291 g/mol. The van der Waals surface area contributed by atoms with Crippen LogP contribution in [-0.2, 0) is 5.41 Å². The van der Waals surface area contributed by atoms with Crippen LogP contribution in [0.5, 0.6) is 0 Å². The Labute approximate surface area is 123 Å². The number of nitrogens with two attached hydrogens (primary N) is 1. The van der Waals surface area contributed by atoms with Gasteiger partial charge in [-0.05, 0) is 23.8 Å². The molecule has 2 rings (SSSR count). The maximum Gasteiger partial charge on any atom is 0.269 e. The lowest BCUT2D eigenvalue weighted by atomic mass is 9.90. The van der Waals surface area contributed by atoms with Gasteiger partial charge < -0.3 is 5.73 Å². The summed E-state index contributed by atoms with van der Waals surface area (Å²) in [7, 11) is 0. The number of aromatic amines is 1. The molecule has 0 saturated carbocycles. The molecule has 4 nitrogen and oxygen atoms in total. The number of aromatic nitrogens is 2. The van der Waals surface area contributed by atoms with E-state index in [4.69, 9.17) is 17.3 Å². The summed E-state index contributed by atoms with van der Waals surface area (Å²) in [6, 6.07) is 8.44. The second-order valence-electron chi connectivity index (χ2n) is 5.82. The van der Waals surface area contributed by atoms with E-state index >= 15 is 0 Å². The van der Waals surface area contributed by atoms with Gasteiger partial charge in [-0.25, -0.2) is 5.10 Å². The van der Waals surface area contributed by atoms with E-state index in [0.717, 1.165) is 11.3 Å². The van der Waals surface area contributed by atoms with Crippen LogP contribution in [0.2, 0.25) is 5.02 Å². The van der Waals surface area contributed by atoms with Crippen molar-refractivity contribution in [3.8, 4) is 0 Å². The highest BCUT2D eigenvalue weighted by atomic mass is 35.5. The largest absolute Gasteiger partial charge is 0.320 e. The molecule has 106 valence electrons. The molecule has 0 aliphatic rings. The van der Waals surface area contributed by atoms with Crippen LogP contribution in [0.1, 0.15) is 43.6 Å².